The van der Waals surface area contributed by atoms with Gasteiger partial charge in [0.15, 0.2) is 12.3 Å². The number of hydrogen-bond donors (Lipinski definition) is 0. The topological polar surface area (TPSA) is 63.5 Å². The van der Waals surface area contributed by atoms with E-state index in [0.29, 0.717) is 11.3 Å². The first kappa shape index (κ1) is 18.5. The molecule has 0 spiro atoms. The number of benzene rings is 2. The highest BCUT2D eigenvalue weighted by molar-refractivity contribution is 7.92. The van der Waals surface area contributed by atoms with E-state index >= 15 is 0 Å². The maximum atomic E-state index is 12.8. The molecule has 1 saturated carbocycles. The second kappa shape index (κ2) is 7.91. The lowest BCUT2D eigenvalue weighted by Gasteiger charge is -2.21. The van der Waals surface area contributed by atoms with Crippen molar-refractivity contribution in [3.63, 3.8) is 0 Å². The smallest absolute Gasteiger partial charge is 0.264 e. The molecule has 2 aromatic rings. The van der Waals surface area contributed by atoms with E-state index in [1.807, 2.05) is 6.07 Å². The van der Waals surface area contributed by atoms with Crippen molar-refractivity contribution in [3.8, 4) is 0 Å². The molecule has 138 valence electrons. The lowest BCUT2D eigenvalue weighted by Crippen LogP contribution is -2.26. The molecule has 0 radical (unpaired) electrons. The van der Waals surface area contributed by atoms with Gasteiger partial charge in [0.1, 0.15) is 0 Å². The van der Waals surface area contributed by atoms with E-state index in [2.05, 4.69) is 0 Å². The summed E-state index contributed by atoms with van der Waals surface area (Å²) in [5.74, 6) is 0. The number of hydroxylamine groups is 1. The van der Waals surface area contributed by atoms with E-state index in [9.17, 15) is 13.6 Å². The quantitative estimate of drug-likeness (QED) is 0.347. The molecular weight excluding hydrogens is 348 g/mol. The molecule has 0 heterocycles. The van der Waals surface area contributed by atoms with Gasteiger partial charge in [0.2, 0.25) is 0 Å². The van der Waals surface area contributed by atoms with E-state index < -0.39 is 10.0 Å². The van der Waals surface area contributed by atoms with Crippen LogP contribution in [0.4, 0.5) is 5.69 Å². The maximum absolute atomic E-state index is 12.8. The Hall–Kier alpha value is -2.34. The number of hydrogen-bond acceptors (Lipinski definition) is 3. The van der Waals surface area contributed by atoms with Crippen LogP contribution in [0.25, 0.3) is 0 Å². The molecule has 0 aliphatic heterocycles. The normalized spacial score (nSPS) is 16.4. The summed E-state index contributed by atoms with van der Waals surface area (Å²) < 4.78 is 27.8. The predicted octanol–water partition coefficient (Wildman–Crippen LogP) is 3.77. The summed E-state index contributed by atoms with van der Waals surface area (Å²) in [4.78, 5) is 0.205. The van der Waals surface area contributed by atoms with Crippen molar-refractivity contribution < 1.29 is 13.2 Å². The molecule has 0 N–H and O–H groups in total. The lowest BCUT2D eigenvalue weighted by molar-refractivity contribution is -0.500. The summed E-state index contributed by atoms with van der Waals surface area (Å²) in [7, 11) is -2.10. The molecule has 0 saturated heterocycles. The van der Waals surface area contributed by atoms with Crippen LogP contribution in [0.1, 0.15) is 37.7 Å². The number of para-hydroxylation sites is 1. The Morgan fingerprint density at radius 2 is 1.62 bits per heavy atom. The number of nitrogens with zero attached hydrogens (tertiary/aromatic N) is 2. The summed E-state index contributed by atoms with van der Waals surface area (Å²) in [6.07, 6.45) is 6.81. The van der Waals surface area contributed by atoms with Crippen molar-refractivity contribution in [1.29, 1.82) is 0 Å². The van der Waals surface area contributed by atoms with Crippen molar-refractivity contribution in [2.24, 2.45) is 0 Å². The molecule has 1 fully saturated rings. The molecule has 0 atom stereocenters. The van der Waals surface area contributed by atoms with E-state index in [0.717, 1.165) is 30.4 Å². The lowest BCUT2D eigenvalue weighted by atomic mass is 9.96. The summed E-state index contributed by atoms with van der Waals surface area (Å²) in [5.41, 5.74) is 1.32. The zero-order chi connectivity index (χ0) is 18.6. The third-order valence-corrected chi connectivity index (χ3v) is 6.67. The third kappa shape index (κ3) is 4.07. The molecule has 0 bridgehead atoms. The van der Waals surface area contributed by atoms with Crippen LogP contribution in [0, 0.1) is 5.21 Å². The van der Waals surface area contributed by atoms with Gasteiger partial charge in [-0.2, -0.15) is 0 Å². The van der Waals surface area contributed by atoms with Crippen LogP contribution in [0.3, 0.4) is 0 Å². The molecule has 26 heavy (non-hydrogen) atoms. The van der Waals surface area contributed by atoms with Gasteiger partial charge in [-0.3, -0.25) is 4.31 Å². The van der Waals surface area contributed by atoms with Gasteiger partial charge >= 0.3 is 0 Å². The molecular formula is C20H24N2O3S. The molecule has 0 aromatic heterocycles. The minimum Gasteiger partial charge on any atom is -0.624 e. The highest BCUT2D eigenvalue weighted by Gasteiger charge is 2.22. The van der Waals surface area contributed by atoms with Crippen LogP contribution in [0.5, 0.6) is 0 Å². The Morgan fingerprint density at radius 3 is 2.23 bits per heavy atom. The minimum absolute atomic E-state index is 0.0383. The van der Waals surface area contributed by atoms with Crippen LogP contribution in [0.2, 0.25) is 0 Å². The van der Waals surface area contributed by atoms with Crippen molar-refractivity contribution in [1.82, 2.24) is 0 Å². The maximum Gasteiger partial charge on any atom is 0.264 e. The number of sulfonamides is 1. The van der Waals surface area contributed by atoms with Gasteiger partial charge in [-0.1, -0.05) is 24.6 Å². The van der Waals surface area contributed by atoms with Crippen molar-refractivity contribution in [2.75, 3.05) is 11.4 Å². The summed E-state index contributed by atoms with van der Waals surface area (Å²) >= 11 is 0. The minimum atomic E-state index is -3.63. The fourth-order valence-electron chi connectivity index (χ4n) is 3.25. The van der Waals surface area contributed by atoms with Crippen molar-refractivity contribution in [3.05, 3.63) is 65.4 Å². The highest BCUT2D eigenvalue weighted by atomic mass is 32.2. The second-order valence-electron chi connectivity index (χ2n) is 6.66. The van der Waals surface area contributed by atoms with E-state index in [1.165, 1.54) is 17.8 Å². The van der Waals surface area contributed by atoms with Crippen LogP contribution in [-0.4, -0.2) is 32.5 Å². The van der Waals surface area contributed by atoms with Crippen molar-refractivity contribution in [2.45, 2.75) is 43.0 Å². The van der Waals surface area contributed by atoms with Gasteiger partial charge in [-0.05, 0) is 49.2 Å². The van der Waals surface area contributed by atoms with Crippen LogP contribution < -0.4 is 4.31 Å². The Bertz CT molecular complexity index is 856. The Kier molecular flexibility index (Phi) is 5.61. The average molecular weight is 372 g/mol. The zero-order valence-corrected chi connectivity index (χ0v) is 15.7. The molecule has 6 heteroatoms. The predicted molar refractivity (Wildman–Crippen MR) is 104 cm³/mol. The van der Waals surface area contributed by atoms with Gasteiger partial charge in [-0.25, -0.2) is 13.2 Å². The van der Waals surface area contributed by atoms with Gasteiger partial charge in [0.05, 0.1) is 10.6 Å². The Balaban J connectivity index is 1.78. The molecule has 5 nitrogen and oxygen atoms in total. The van der Waals surface area contributed by atoms with E-state index in [-0.39, 0.29) is 10.9 Å². The number of rotatable bonds is 5. The van der Waals surface area contributed by atoms with E-state index in [4.69, 9.17) is 0 Å². The van der Waals surface area contributed by atoms with Crippen LogP contribution in [-0.2, 0) is 10.0 Å². The molecule has 0 unspecified atom stereocenters. The standard InChI is InChI=1S/C20H24N2O3S/c1-21(18-8-4-2-5-9-18)26(24,25)20-14-12-17(13-15-20)16-22(23)19-10-6-3-7-11-19/h2,4-5,8-9,12-16,19H,3,6-7,10-11H2,1H3. The SMILES string of the molecule is CN(c1ccccc1)S(=O)(=O)c1ccc(C=[N+]([O-])C2CCCCC2)cc1. The van der Waals surface area contributed by atoms with Crippen LogP contribution in [0.15, 0.2) is 59.5 Å². The largest absolute Gasteiger partial charge is 0.624 e. The van der Waals surface area contributed by atoms with E-state index in [1.54, 1.807) is 54.7 Å². The van der Waals surface area contributed by atoms with Crippen LogP contribution >= 0.6 is 0 Å². The first-order valence-electron chi connectivity index (χ1n) is 8.93. The Labute approximate surface area is 155 Å². The molecule has 0 amide bonds. The highest BCUT2D eigenvalue weighted by Crippen LogP contribution is 2.22. The monoisotopic (exact) mass is 372 g/mol. The second-order valence-corrected chi connectivity index (χ2v) is 8.63. The van der Waals surface area contributed by atoms with Gasteiger partial charge < -0.3 is 5.21 Å². The number of anilines is 1. The molecule has 1 aliphatic rings. The first-order valence-corrected chi connectivity index (χ1v) is 10.4. The summed E-state index contributed by atoms with van der Waals surface area (Å²) in [6.45, 7) is 0. The zero-order valence-electron chi connectivity index (χ0n) is 14.9. The first-order chi connectivity index (χ1) is 12.5. The van der Waals surface area contributed by atoms with Crippen molar-refractivity contribution >= 4 is 21.9 Å². The molecule has 2 aromatic carbocycles. The molecule has 1 aliphatic carbocycles. The fraction of sp³-hybridized carbons (Fsp3) is 0.350. The van der Waals surface area contributed by atoms with Gasteiger partial charge in [0.25, 0.3) is 10.0 Å². The summed E-state index contributed by atoms with van der Waals surface area (Å²) in [5, 5.41) is 12.3. The summed E-state index contributed by atoms with van der Waals surface area (Å²) in [6, 6.07) is 15.4. The average Bonchev–Trinajstić information content (AvgIpc) is 2.69. The van der Waals surface area contributed by atoms with Gasteiger partial charge in [-0.15, -0.1) is 0 Å². The Morgan fingerprint density at radius 1 is 1.00 bits per heavy atom. The fourth-order valence-corrected chi connectivity index (χ4v) is 4.44. The third-order valence-electron chi connectivity index (χ3n) is 4.87. The van der Waals surface area contributed by atoms with Gasteiger partial charge in [0, 0.05) is 25.5 Å². The molecule has 3 rings (SSSR count).